The van der Waals surface area contributed by atoms with Gasteiger partial charge < -0.3 is 5.32 Å². The maximum atomic E-state index is 12.5. The summed E-state index contributed by atoms with van der Waals surface area (Å²) in [6.07, 6.45) is 2.93. The zero-order valence-corrected chi connectivity index (χ0v) is 17.1. The smallest absolute Gasteiger partial charge is 0.261 e. The number of carbonyl (C=O) groups is 2. The van der Waals surface area contributed by atoms with Crippen LogP contribution in [0.25, 0.3) is 0 Å². The Labute approximate surface area is 173 Å². The highest BCUT2D eigenvalue weighted by atomic mass is 32.2. The summed E-state index contributed by atoms with van der Waals surface area (Å²) < 4.78 is 27.5. The highest BCUT2D eigenvalue weighted by Gasteiger charge is 2.14. The van der Waals surface area contributed by atoms with E-state index in [9.17, 15) is 18.0 Å². The van der Waals surface area contributed by atoms with E-state index in [4.69, 9.17) is 0 Å². The number of Topliss-reactive ketones (excluding diaryl/α,β-unsaturated/α-hetero) is 1. The van der Waals surface area contributed by atoms with Gasteiger partial charge in [-0.25, -0.2) is 8.42 Å². The molecule has 0 aliphatic rings. The zero-order valence-electron chi connectivity index (χ0n) is 15.5. The van der Waals surface area contributed by atoms with Crippen LogP contribution in [-0.4, -0.2) is 20.0 Å². The molecule has 3 aromatic rings. The van der Waals surface area contributed by atoms with Gasteiger partial charge in [0.25, 0.3) is 10.0 Å². The molecule has 0 aliphatic heterocycles. The monoisotopic (exact) mass is 426 g/mol. The van der Waals surface area contributed by atoms with E-state index >= 15 is 0 Å². The standard InChI is InChI=1S/C21H18N2O4S2/c1-15(24)16-4-6-18(7-5-16)23-29(26,27)19-10-8-17(9-11-19)22-13-12-20(25)21-3-2-14-28-21/h2-14,22-23H,1H3. The molecule has 3 rings (SSSR count). The van der Waals surface area contributed by atoms with Gasteiger partial charge in [-0.2, -0.15) is 0 Å². The van der Waals surface area contributed by atoms with Crippen molar-refractivity contribution in [1.82, 2.24) is 0 Å². The van der Waals surface area contributed by atoms with Gasteiger partial charge >= 0.3 is 0 Å². The third kappa shape index (κ3) is 5.40. The van der Waals surface area contributed by atoms with Crippen molar-refractivity contribution in [3.8, 4) is 0 Å². The summed E-state index contributed by atoms with van der Waals surface area (Å²) in [7, 11) is -3.76. The first-order chi connectivity index (χ1) is 13.8. The van der Waals surface area contributed by atoms with Gasteiger partial charge in [0.05, 0.1) is 9.77 Å². The maximum Gasteiger partial charge on any atom is 0.261 e. The van der Waals surface area contributed by atoms with Crippen molar-refractivity contribution < 1.29 is 18.0 Å². The molecule has 0 radical (unpaired) electrons. The van der Waals surface area contributed by atoms with Gasteiger partial charge in [0.15, 0.2) is 11.6 Å². The highest BCUT2D eigenvalue weighted by Crippen LogP contribution is 2.19. The lowest BCUT2D eigenvalue weighted by Crippen LogP contribution is -2.13. The molecule has 0 amide bonds. The van der Waals surface area contributed by atoms with Crippen LogP contribution in [0.4, 0.5) is 11.4 Å². The topological polar surface area (TPSA) is 92.3 Å². The molecular weight excluding hydrogens is 408 g/mol. The molecule has 0 saturated heterocycles. The lowest BCUT2D eigenvalue weighted by Gasteiger charge is -2.09. The molecule has 0 fully saturated rings. The molecule has 0 aliphatic carbocycles. The van der Waals surface area contributed by atoms with E-state index in [0.717, 1.165) is 0 Å². The lowest BCUT2D eigenvalue weighted by atomic mass is 10.1. The Morgan fingerprint density at radius 3 is 2.17 bits per heavy atom. The average Bonchev–Trinajstić information content (AvgIpc) is 3.23. The fourth-order valence-electron chi connectivity index (χ4n) is 2.43. The van der Waals surface area contributed by atoms with Gasteiger partial charge in [0.1, 0.15) is 0 Å². The second kappa shape index (κ2) is 8.85. The second-order valence-corrected chi connectivity index (χ2v) is 8.71. The Balaban J connectivity index is 1.63. The predicted molar refractivity (Wildman–Crippen MR) is 115 cm³/mol. The molecule has 0 unspecified atom stereocenters. The SMILES string of the molecule is CC(=O)c1ccc(NS(=O)(=O)c2ccc(NC=CC(=O)c3cccs3)cc2)cc1. The highest BCUT2D eigenvalue weighted by molar-refractivity contribution is 7.92. The summed E-state index contributed by atoms with van der Waals surface area (Å²) in [6, 6.07) is 15.9. The van der Waals surface area contributed by atoms with Crippen molar-refractivity contribution in [2.75, 3.05) is 10.0 Å². The third-order valence-corrected chi connectivity index (χ3v) is 6.24. The van der Waals surface area contributed by atoms with E-state index in [0.29, 0.717) is 21.8 Å². The van der Waals surface area contributed by atoms with Gasteiger partial charge in [-0.3, -0.25) is 14.3 Å². The van der Waals surface area contributed by atoms with Crippen molar-refractivity contribution in [3.63, 3.8) is 0 Å². The summed E-state index contributed by atoms with van der Waals surface area (Å²) in [5.74, 6) is -0.194. The van der Waals surface area contributed by atoms with E-state index in [2.05, 4.69) is 10.0 Å². The number of allylic oxidation sites excluding steroid dienone is 1. The first-order valence-electron chi connectivity index (χ1n) is 8.60. The lowest BCUT2D eigenvalue weighted by molar-refractivity contribution is 0.101. The van der Waals surface area contributed by atoms with Gasteiger partial charge in [0, 0.05) is 29.2 Å². The van der Waals surface area contributed by atoms with Crippen LogP contribution in [-0.2, 0) is 10.0 Å². The molecule has 1 heterocycles. The second-order valence-electron chi connectivity index (χ2n) is 6.08. The summed E-state index contributed by atoms with van der Waals surface area (Å²) >= 11 is 1.37. The minimum absolute atomic E-state index is 0.0892. The van der Waals surface area contributed by atoms with E-state index < -0.39 is 10.0 Å². The first kappa shape index (κ1) is 20.5. The Morgan fingerprint density at radius 2 is 1.59 bits per heavy atom. The van der Waals surface area contributed by atoms with Crippen LogP contribution in [0.3, 0.4) is 0 Å². The summed E-state index contributed by atoms with van der Waals surface area (Å²) in [5.41, 5.74) is 1.52. The van der Waals surface area contributed by atoms with E-state index in [1.807, 2.05) is 11.4 Å². The van der Waals surface area contributed by atoms with Crippen LogP contribution < -0.4 is 10.0 Å². The molecule has 6 nitrogen and oxygen atoms in total. The Kier molecular flexibility index (Phi) is 6.26. The number of thiophene rings is 1. The number of ketones is 2. The maximum absolute atomic E-state index is 12.5. The Bertz CT molecular complexity index is 1130. The molecule has 0 bridgehead atoms. The van der Waals surface area contributed by atoms with E-state index in [1.54, 1.807) is 42.5 Å². The Hall–Kier alpha value is -3.23. The van der Waals surface area contributed by atoms with Crippen LogP contribution in [0.5, 0.6) is 0 Å². The molecule has 29 heavy (non-hydrogen) atoms. The quantitative estimate of drug-likeness (QED) is 0.407. The minimum Gasteiger partial charge on any atom is -0.362 e. The van der Waals surface area contributed by atoms with Gasteiger partial charge in [-0.05, 0) is 66.9 Å². The average molecular weight is 427 g/mol. The normalized spacial score (nSPS) is 11.3. The van der Waals surface area contributed by atoms with Gasteiger partial charge in [0.2, 0.25) is 0 Å². The molecular formula is C21H18N2O4S2. The van der Waals surface area contributed by atoms with Crippen molar-refractivity contribution in [2.45, 2.75) is 11.8 Å². The number of sulfonamides is 1. The number of benzene rings is 2. The van der Waals surface area contributed by atoms with Crippen LogP contribution in [0.1, 0.15) is 27.0 Å². The number of hydrogen-bond acceptors (Lipinski definition) is 6. The molecule has 0 atom stereocenters. The van der Waals surface area contributed by atoms with Crippen molar-refractivity contribution in [1.29, 1.82) is 0 Å². The number of hydrogen-bond donors (Lipinski definition) is 2. The van der Waals surface area contributed by atoms with Crippen LogP contribution in [0, 0.1) is 0 Å². The summed E-state index contributed by atoms with van der Waals surface area (Å²) in [6.45, 7) is 1.45. The predicted octanol–water partition coefficient (Wildman–Crippen LogP) is 4.56. The molecule has 8 heteroatoms. The van der Waals surface area contributed by atoms with Crippen molar-refractivity contribution >= 4 is 44.3 Å². The molecule has 148 valence electrons. The van der Waals surface area contributed by atoms with Crippen LogP contribution in [0.2, 0.25) is 0 Å². The number of carbonyl (C=O) groups excluding carboxylic acids is 2. The molecule has 0 saturated carbocycles. The summed E-state index contributed by atoms with van der Waals surface area (Å²) in [4.78, 5) is 23.9. The van der Waals surface area contributed by atoms with E-state index in [1.165, 1.54) is 42.7 Å². The Morgan fingerprint density at radius 1 is 0.931 bits per heavy atom. The number of anilines is 2. The van der Waals surface area contributed by atoms with Crippen molar-refractivity contribution in [2.24, 2.45) is 0 Å². The molecule has 1 aromatic heterocycles. The zero-order chi connectivity index (χ0) is 20.9. The van der Waals surface area contributed by atoms with Gasteiger partial charge in [-0.15, -0.1) is 11.3 Å². The number of rotatable bonds is 8. The number of nitrogens with one attached hydrogen (secondary N) is 2. The first-order valence-corrected chi connectivity index (χ1v) is 11.0. The minimum atomic E-state index is -3.76. The fourth-order valence-corrected chi connectivity index (χ4v) is 4.14. The van der Waals surface area contributed by atoms with E-state index in [-0.39, 0.29) is 16.5 Å². The van der Waals surface area contributed by atoms with Gasteiger partial charge in [-0.1, -0.05) is 6.07 Å². The van der Waals surface area contributed by atoms with Crippen LogP contribution in [0.15, 0.2) is 83.2 Å². The van der Waals surface area contributed by atoms with Crippen LogP contribution >= 0.6 is 11.3 Å². The largest absolute Gasteiger partial charge is 0.362 e. The molecule has 2 aromatic carbocycles. The fraction of sp³-hybridized carbons (Fsp3) is 0.0476. The summed E-state index contributed by atoms with van der Waals surface area (Å²) in [5, 5.41) is 4.77. The molecule has 2 N–H and O–H groups in total. The third-order valence-electron chi connectivity index (χ3n) is 3.96. The molecule has 0 spiro atoms. The van der Waals surface area contributed by atoms with Crippen molar-refractivity contribution in [3.05, 3.63) is 88.8 Å².